The van der Waals surface area contributed by atoms with E-state index in [0.29, 0.717) is 0 Å². The van der Waals surface area contributed by atoms with Crippen molar-refractivity contribution >= 4 is 13.8 Å². The van der Waals surface area contributed by atoms with Gasteiger partial charge in [0.05, 0.1) is 0 Å². The van der Waals surface area contributed by atoms with Gasteiger partial charge in [0.15, 0.2) is 0 Å². The molecule has 0 fully saturated rings. The predicted octanol–water partition coefficient (Wildman–Crippen LogP) is 1.31. The van der Waals surface area contributed by atoms with Crippen molar-refractivity contribution in [1.82, 2.24) is 4.98 Å². The predicted molar refractivity (Wildman–Crippen MR) is 44.8 cm³/mol. The Morgan fingerprint density at radius 1 is 1.27 bits per heavy atom. The molecule has 0 saturated carbocycles. The molecule has 1 rings (SSSR count). The number of hydrogen-bond acceptors (Lipinski definition) is 3. The first-order valence-electron chi connectivity index (χ1n) is 3.18. The molecule has 0 radical (unpaired) electrons. The van der Waals surface area contributed by atoms with Crippen LogP contribution in [0, 0.1) is 0 Å². The maximum absolute atomic E-state index is 5.07. The number of nitrogens with zero attached hydrogens (tertiary/aromatic N) is 1. The highest BCUT2D eigenvalue weighted by Gasteiger charge is 2.09. The van der Waals surface area contributed by atoms with Crippen LogP contribution in [-0.4, -0.2) is 19.2 Å². The molecule has 0 aliphatic carbocycles. The van der Waals surface area contributed by atoms with E-state index in [-0.39, 0.29) is 0 Å². The van der Waals surface area contributed by atoms with Crippen LogP contribution in [0.15, 0.2) is 24.4 Å². The zero-order chi connectivity index (χ0) is 8.10. The van der Waals surface area contributed by atoms with Crippen molar-refractivity contribution in [3.63, 3.8) is 0 Å². The molecule has 1 heterocycles. The molecule has 0 unspecified atom stereocenters. The van der Waals surface area contributed by atoms with Crippen LogP contribution in [0.3, 0.4) is 0 Å². The maximum atomic E-state index is 5.07. The monoisotopic (exact) mass is 171 g/mol. The standard InChI is InChI=1S/C7H10NO2P/c1-9-11(10-2)7-5-3-4-6-8-7/h3-6H,1-2H3. The second-order valence-corrected chi connectivity index (χ2v) is 3.51. The van der Waals surface area contributed by atoms with Gasteiger partial charge < -0.3 is 9.05 Å². The van der Waals surface area contributed by atoms with E-state index < -0.39 is 8.38 Å². The van der Waals surface area contributed by atoms with Crippen molar-refractivity contribution in [3.8, 4) is 0 Å². The van der Waals surface area contributed by atoms with Crippen molar-refractivity contribution in [2.45, 2.75) is 0 Å². The smallest absolute Gasteiger partial charge is 0.224 e. The number of rotatable bonds is 3. The molecule has 0 aliphatic rings. The largest absolute Gasteiger partial charge is 0.333 e. The van der Waals surface area contributed by atoms with Crippen LogP contribution >= 0.6 is 8.38 Å². The first-order chi connectivity index (χ1) is 5.38. The van der Waals surface area contributed by atoms with Gasteiger partial charge in [0.2, 0.25) is 8.38 Å². The van der Waals surface area contributed by atoms with E-state index in [2.05, 4.69) is 4.98 Å². The van der Waals surface area contributed by atoms with Gasteiger partial charge in [-0.05, 0) is 12.1 Å². The van der Waals surface area contributed by atoms with Gasteiger partial charge in [-0.15, -0.1) is 0 Å². The highest BCUT2D eigenvalue weighted by atomic mass is 31.2. The van der Waals surface area contributed by atoms with E-state index in [4.69, 9.17) is 9.05 Å². The van der Waals surface area contributed by atoms with E-state index in [1.807, 2.05) is 18.2 Å². The molecule has 0 saturated heterocycles. The fourth-order valence-corrected chi connectivity index (χ4v) is 1.62. The van der Waals surface area contributed by atoms with E-state index in [0.717, 1.165) is 5.44 Å². The summed E-state index contributed by atoms with van der Waals surface area (Å²) in [6.45, 7) is 0. The lowest BCUT2D eigenvalue weighted by Gasteiger charge is -2.09. The molecule has 0 amide bonds. The summed E-state index contributed by atoms with van der Waals surface area (Å²) in [4.78, 5) is 4.10. The van der Waals surface area contributed by atoms with Crippen LogP contribution in [0.25, 0.3) is 0 Å². The van der Waals surface area contributed by atoms with Gasteiger partial charge in [-0.3, -0.25) is 4.98 Å². The molecule has 1 aromatic heterocycles. The average molecular weight is 171 g/mol. The zero-order valence-corrected chi connectivity index (χ0v) is 7.41. The number of aromatic nitrogens is 1. The second kappa shape index (κ2) is 4.39. The lowest BCUT2D eigenvalue weighted by atomic mass is 10.5. The molecule has 0 atom stereocenters. The molecular formula is C7H10NO2P. The van der Waals surface area contributed by atoms with Crippen molar-refractivity contribution in [2.75, 3.05) is 14.2 Å². The molecule has 0 bridgehead atoms. The van der Waals surface area contributed by atoms with Crippen molar-refractivity contribution < 1.29 is 9.05 Å². The third-order valence-corrected chi connectivity index (χ3v) is 2.47. The summed E-state index contributed by atoms with van der Waals surface area (Å²) in [6, 6.07) is 5.66. The minimum Gasteiger partial charge on any atom is -0.333 e. The van der Waals surface area contributed by atoms with E-state index in [1.54, 1.807) is 20.4 Å². The first-order valence-corrected chi connectivity index (χ1v) is 4.35. The van der Waals surface area contributed by atoms with Crippen LogP contribution in [0.1, 0.15) is 0 Å². The van der Waals surface area contributed by atoms with Crippen molar-refractivity contribution in [1.29, 1.82) is 0 Å². The fourth-order valence-electron chi connectivity index (χ4n) is 0.723. The topological polar surface area (TPSA) is 31.4 Å². The lowest BCUT2D eigenvalue weighted by Crippen LogP contribution is -2.06. The zero-order valence-electron chi connectivity index (χ0n) is 6.52. The SMILES string of the molecule is COP(OC)c1ccccn1. The number of pyridine rings is 1. The Hall–Kier alpha value is -0.500. The Labute approximate surface area is 67.3 Å². The lowest BCUT2D eigenvalue weighted by molar-refractivity contribution is 0.349. The third kappa shape index (κ3) is 2.22. The Bertz CT molecular complexity index is 201. The molecular weight excluding hydrogens is 161 g/mol. The summed E-state index contributed by atoms with van der Waals surface area (Å²) in [5, 5.41) is 0. The van der Waals surface area contributed by atoms with Crippen LogP contribution in [0.4, 0.5) is 0 Å². The van der Waals surface area contributed by atoms with Crippen LogP contribution in [0.2, 0.25) is 0 Å². The third-order valence-electron chi connectivity index (χ3n) is 1.17. The Balaban J connectivity index is 2.74. The Morgan fingerprint density at radius 2 is 2.00 bits per heavy atom. The van der Waals surface area contributed by atoms with Gasteiger partial charge in [-0.1, -0.05) is 6.07 Å². The van der Waals surface area contributed by atoms with Crippen molar-refractivity contribution in [3.05, 3.63) is 24.4 Å². The molecule has 0 aliphatic heterocycles. The highest BCUT2D eigenvalue weighted by molar-refractivity contribution is 7.55. The molecule has 4 heteroatoms. The Morgan fingerprint density at radius 3 is 2.45 bits per heavy atom. The molecule has 60 valence electrons. The minimum absolute atomic E-state index is 0.854. The quantitative estimate of drug-likeness (QED) is 0.642. The average Bonchev–Trinajstić information content (AvgIpc) is 2.09. The summed E-state index contributed by atoms with van der Waals surface area (Å²) in [5.74, 6) is 0. The van der Waals surface area contributed by atoms with E-state index >= 15 is 0 Å². The van der Waals surface area contributed by atoms with Gasteiger partial charge >= 0.3 is 0 Å². The number of hydrogen-bond donors (Lipinski definition) is 0. The van der Waals surface area contributed by atoms with Gasteiger partial charge in [0.1, 0.15) is 5.44 Å². The highest BCUT2D eigenvalue weighted by Crippen LogP contribution is 2.33. The molecule has 0 N–H and O–H groups in total. The first kappa shape index (κ1) is 8.60. The van der Waals surface area contributed by atoms with Crippen molar-refractivity contribution in [2.24, 2.45) is 0 Å². The maximum Gasteiger partial charge on any atom is 0.224 e. The van der Waals surface area contributed by atoms with Crippen LogP contribution < -0.4 is 5.44 Å². The van der Waals surface area contributed by atoms with Gasteiger partial charge in [-0.2, -0.15) is 0 Å². The van der Waals surface area contributed by atoms with Crippen LogP contribution in [-0.2, 0) is 9.05 Å². The summed E-state index contributed by atoms with van der Waals surface area (Å²) in [7, 11) is 2.27. The molecule has 11 heavy (non-hydrogen) atoms. The second-order valence-electron chi connectivity index (χ2n) is 1.81. The Kier molecular flexibility index (Phi) is 3.43. The van der Waals surface area contributed by atoms with Gasteiger partial charge in [0, 0.05) is 20.4 Å². The molecule has 3 nitrogen and oxygen atoms in total. The molecule has 1 aromatic rings. The molecule has 0 aromatic carbocycles. The minimum atomic E-state index is -0.962. The summed E-state index contributed by atoms with van der Waals surface area (Å²) in [6.07, 6.45) is 1.72. The van der Waals surface area contributed by atoms with E-state index in [9.17, 15) is 0 Å². The van der Waals surface area contributed by atoms with Crippen LogP contribution in [0.5, 0.6) is 0 Å². The fraction of sp³-hybridized carbons (Fsp3) is 0.286. The summed E-state index contributed by atoms with van der Waals surface area (Å²) in [5.41, 5.74) is 0.854. The van der Waals surface area contributed by atoms with Gasteiger partial charge in [-0.25, -0.2) is 0 Å². The molecule has 0 spiro atoms. The summed E-state index contributed by atoms with van der Waals surface area (Å²) >= 11 is 0. The van der Waals surface area contributed by atoms with Gasteiger partial charge in [0.25, 0.3) is 0 Å². The summed E-state index contributed by atoms with van der Waals surface area (Å²) < 4.78 is 10.1. The van der Waals surface area contributed by atoms with E-state index in [1.165, 1.54) is 0 Å². The normalized spacial score (nSPS) is 10.5.